The molecule has 1 aromatic rings. The fourth-order valence-electron chi connectivity index (χ4n) is 1.78. The predicted octanol–water partition coefficient (Wildman–Crippen LogP) is 0.980. The van der Waals surface area contributed by atoms with Gasteiger partial charge in [0.2, 0.25) is 0 Å². The molecule has 0 bridgehead atoms. The van der Waals surface area contributed by atoms with Crippen molar-refractivity contribution in [1.82, 2.24) is 4.90 Å². The molecule has 0 atom stereocenters. The molecule has 0 aliphatic carbocycles. The van der Waals surface area contributed by atoms with Gasteiger partial charge in [-0.2, -0.15) is 0 Å². The van der Waals surface area contributed by atoms with E-state index in [4.69, 9.17) is 10.8 Å². The first kappa shape index (κ1) is 16.2. The molecule has 20 heavy (non-hydrogen) atoms. The van der Waals surface area contributed by atoms with Crippen molar-refractivity contribution < 1.29 is 14.3 Å². The minimum absolute atomic E-state index is 0.117. The average molecular weight is 278 g/mol. The van der Waals surface area contributed by atoms with Crippen molar-refractivity contribution in [3.63, 3.8) is 0 Å². The Morgan fingerprint density at radius 1 is 1.45 bits per heavy atom. The molecule has 1 amide bonds. The molecular weight excluding hydrogens is 259 g/mol. The van der Waals surface area contributed by atoms with Gasteiger partial charge in [0.15, 0.2) is 0 Å². The summed E-state index contributed by atoms with van der Waals surface area (Å²) in [4.78, 5) is 13.7. The number of carbonyl (C=O) groups excluding carboxylic acids is 1. The highest BCUT2D eigenvalue weighted by Gasteiger charge is 2.15. The van der Waals surface area contributed by atoms with Crippen LogP contribution in [0, 0.1) is 17.7 Å². The van der Waals surface area contributed by atoms with Gasteiger partial charge in [-0.25, -0.2) is 4.39 Å². The molecule has 0 unspecified atom stereocenters. The highest BCUT2D eigenvalue weighted by Crippen LogP contribution is 2.12. The number of benzene rings is 1. The summed E-state index contributed by atoms with van der Waals surface area (Å²) < 4.78 is 13.8. The Morgan fingerprint density at radius 3 is 2.75 bits per heavy atom. The van der Waals surface area contributed by atoms with Gasteiger partial charge in [-0.3, -0.25) is 4.79 Å². The van der Waals surface area contributed by atoms with Crippen LogP contribution in [0.4, 0.5) is 4.39 Å². The Labute approximate surface area is 118 Å². The second-order valence-electron chi connectivity index (χ2n) is 4.22. The lowest BCUT2D eigenvalue weighted by Gasteiger charge is -2.21. The van der Waals surface area contributed by atoms with E-state index in [1.807, 2.05) is 6.92 Å². The lowest BCUT2D eigenvalue weighted by molar-refractivity contribution is 0.0721. The van der Waals surface area contributed by atoms with Crippen molar-refractivity contribution in [2.75, 3.05) is 26.2 Å². The van der Waals surface area contributed by atoms with Gasteiger partial charge in [0.05, 0.1) is 18.7 Å². The van der Waals surface area contributed by atoms with E-state index in [0.29, 0.717) is 6.54 Å². The summed E-state index contributed by atoms with van der Waals surface area (Å²) in [7, 11) is 0. The Kier molecular flexibility index (Phi) is 6.71. The van der Waals surface area contributed by atoms with Gasteiger partial charge < -0.3 is 15.7 Å². The Morgan fingerprint density at radius 2 is 2.20 bits per heavy atom. The zero-order valence-electron chi connectivity index (χ0n) is 11.5. The van der Waals surface area contributed by atoms with E-state index in [1.165, 1.54) is 23.1 Å². The standard InChI is InChI=1S/C15H19FN2O2/c1-2-8-18(9-10-19)15(20)13-6-5-12(4-3-7-17)14(16)11-13/h5-6,11,19H,2,7-10,17H2,1H3. The minimum Gasteiger partial charge on any atom is -0.395 e. The van der Waals surface area contributed by atoms with Crippen molar-refractivity contribution in [2.24, 2.45) is 5.73 Å². The lowest BCUT2D eigenvalue weighted by atomic mass is 10.1. The maximum atomic E-state index is 13.8. The molecule has 1 rings (SSSR count). The number of hydrogen-bond donors (Lipinski definition) is 2. The van der Waals surface area contributed by atoms with Crippen LogP contribution < -0.4 is 5.73 Å². The fourth-order valence-corrected chi connectivity index (χ4v) is 1.78. The second-order valence-corrected chi connectivity index (χ2v) is 4.22. The van der Waals surface area contributed by atoms with E-state index in [2.05, 4.69) is 11.8 Å². The topological polar surface area (TPSA) is 66.6 Å². The number of rotatable bonds is 5. The largest absolute Gasteiger partial charge is 0.395 e. The van der Waals surface area contributed by atoms with Gasteiger partial charge in [-0.05, 0) is 24.6 Å². The number of nitrogens with zero attached hydrogens (tertiary/aromatic N) is 1. The van der Waals surface area contributed by atoms with Crippen LogP contribution in [0.2, 0.25) is 0 Å². The van der Waals surface area contributed by atoms with Crippen LogP contribution in [0.25, 0.3) is 0 Å². The van der Waals surface area contributed by atoms with Crippen molar-refractivity contribution in [3.05, 3.63) is 35.1 Å². The molecule has 0 aliphatic rings. The summed E-state index contributed by atoms with van der Waals surface area (Å²) >= 11 is 0. The molecule has 0 saturated carbocycles. The molecule has 0 heterocycles. The zero-order valence-corrected chi connectivity index (χ0v) is 11.5. The van der Waals surface area contributed by atoms with Crippen molar-refractivity contribution in [1.29, 1.82) is 0 Å². The molecule has 4 nitrogen and oxygen atoms in total. The van der Waals surface area contributed by atoms with Crippen molar-refractivity contribution in [2.45, 2.75) is 13.3 Å². The third-order valence-corrected chi connectivity index (χ3v) is 2.69. The van der Waals surface area contributed by atoms with Crippen molar-refractivity contribution in [3.8, 4) is 11.8 Å². The first-order chi connectivity index (χ1) is 9.63. The van der Waals surface area contributed by atoms with E-state index < -0.39 is 5.82 Å². The van der Waals surface area contributed by atoms with Gasteiger partial charge >= 0.3 is 0 Å². The molecule has 0 aliphatic heterocycles. The minimum atomic E-state index is -0.544. The van der Waals surface area contributed by atoms with E-state index in [0.717, 1.165) is 6.42 Å². The number of aliphatic hydroxyl groups is 1. The number of hydrogen-bond acceptors (Lipinski definition) is 3. The molecule has 0 radical (unpaired) electrons. The third-order valence-electron chi connectivity index (χ3n) is 2.69. The van der Waals surface area contributed by atoms with E-state index in [9.17, 15) is 9.18 Å². The number of nitrogens with two attached hydrogens (primary N) is 1. The first-order valence-corrected chi connectivity index (χ1v) is 6.52. The van der Waals surface area contributed by atoms with Gasteiger partial charge in [-0.1, -0.05) is 18.8 Å². The van der Waals surface area contributed by atoms with Gasteiger partial charge in [0, 0.05) is 18.7 Å². The van der Waals surface area contributed by atoms with E-state index in [-0.39, 0.29) is 36.7 Å². The maximum Gasteiger partial charge on any atom is 0.254 e. The normalized spacial score (nSPS) is 9.80. The summed E-state index contributed by atoms with van der Waals surface area (Å²) in [5, 5.41) is 8.96. The fraction of sp³-hybridized carbons (Fsp3) is 0.400. The molecule has 3 N–H and O–H groups in total. The van der Waals surface area contributed by atoms with Crippen LogP contribution in [0.3, 0.4) is 0 Å². The summed E-state index contributed by atoms with van der Waals surface area (Å²) in [6, 6.07) is 4.17. The van der Waals surface area contributed by atoms with E-state index >= 15 is 0 Å². The maximum absolute atomic E-state index is 13.8. The van der Waals surface area contributed by atoms with Crippen LogP contribution in [0.1, 0.15) is 29.3 Å². The van der Waals surface area contributed by atoms with Crippen LogP contribution in [-0.2, 0) is 0 Å². The molecule has 1 aromatic carbocycles. The summed E-state index contributed by atoms with van der Waals surface area (Å²) in [5.41, 5.74) is 5.70. The van der Waals surface area contributed by atoms with Gasteiger partial charge in [0.1, 0.15) is 5.82 Å². The SMILES string of the molecule is CCCN(CCO)C(=O)c1ccc(C#CCN)c(F)c1. The Balaban J connectivity index is 2.95. The van der Waals surface area contributed by atoms with Crippen LogP contribution in [-0.4, -0.2) is 42.2 Å². The summed E-state index contributed by atoms with van der Waals surface area (Å²) in [6.07, 6.45) is 0.772. The Hall–Kier alpha value is -1.90. The zero-order chi connectivity index (χ0) is 15.0. The van der Waals surface area contributed by atoms with Gasteiger partial charge in [0.25, 0.3) is 5.91 Å². The Bertz CT molecular complexity index is 514. The number of carbonyl (C=O) groups is 1. The lowest BCUT2D eigenvalue weighted by Crippen LogP contribution is -2.34. The second kappa shape index (κ2) is 8.31. The molecule has 5 heteroatoms. The highest BCUT2D eigenvalue weighted by molar-refractivity contribution is 5.94. The molecular formula is C15H19FN2O2. The quantitative estimate of drug-likeness (QED) is 0.789. The number of halogens is 1. The van der Waals surface area contributed by atoms with Crippen molar-refractivity contribution >= 4 is 5.91 Å². The molecule has 0 aromatic heterocycles. The average Bonchev–Trinajstić information content (AvgIpc) is 2.45. The third kappa shape index (κ3) is 4.34. The summed E-state index contributed by atoms with van der Waals surface area (Å²) in [6.45, 7) is 2.73. The highest BCUT2D eigenvalue weighted by atomic mass is 19.1. The molecule has 0 spiro atoms. The van der Waals surface area contributed by atoms with Crippen LogP contribution in [0.5, 0.6) is 0 Å². The number of amides is 1. The molecule has 0 saturated heterocycles. The summed E-state index contributed by atoms with van der Waals surface area (Å²) in [5.74, 6) is 4.33. The van der Waals surface area contributed by atoms with Crippen LogP contribution >= 0.6 is 0 Å². The molecule has 108 valence electrons. The first-order valence-electron chi connectivity index (χ1n) is 6.52. The van der Waals surface area contributed by atoms with Crippen LogP contribution in [0.15, 0.2) is 18.2 Å². The monoisotopic (exact) mass is 278 g/mol. The van der Waals surface area contributed by atoms with Gasteiger partial charge in [-0.15, -0.1) is 0 Å². The molecule has 0 fully saturated rings. The number of aliphatic hydroxyl groups excluding tert-OH is 1. The smallest absolute Gasteiger partial charge is 0.254 e. The predicted molar refractivity (Wildman–Crippen MR) is 75.6 cm³/mol. The van der Waals surface area contributed by atoms with E-state index in [1.54, 1.807) is 0 Å².